The Bertz CT molecular complexity index is 690. The van der Waals surface area contributed by atoms with Crippen LogP contribution >= 0.6 is 11.6 Å². The van der Waals surface area contributed by atoms with Crippen LogP contribution in [0.2, 0.25) is 5.02 Å². The lowest BCUT2D eigenvalue weighted by Crippen LogP contribution is -2.56. The van der Waals surface area contributed by atoms with E-state index in [1.54, 1.807) is 6.07 Å². The molecule has 156 valence electrons. The predicted octanol–water partition coefficient (Wildman–Crippen LogP) is 2.86. The zero-order chi connectivity index (χ0) is 20.3. The third kappa shape index (κ3) is 5.23. The number of fused-ring (bicyclic) bond motifs is 1. The number of hydrogen-bond donors (Lipinski definition) is 3. The molecule has 1 saturated carbocycles. The van der Waals surface area contributed by atoms with Gasteiger partial charge in [-0.15, -0.1) is 0 Å². The molecule has 0 radical (unpaired) electrons. The Labute approximate surface area is 171 Å². The Morgan fingerprint density at radius 1 is 1.39 bits per heavy atom. The number of β-amino-alcohol motifs (C(OH)–C–C–N with tert-alkyl or cyclic N) is 1. The molecule has 1 aromatic carbocycles. The summed E-state index contributed by atoms with van der Waals surface area (Å²) in [5.74, 6) is 0.431. The van der Waals surface area contributed by atoms with Crippen molar-refractivity contribution >= 4 is 17.5 Å². The average molecular weight is 412 g/mol. The first-order valence-electron chi connectivity index (χ1n) is 10.2. The van der Waals surface area contributed by atoms with E-state index in [0.717, 1.165) is 18.5 Å². The lowest BCUT2D eigenvalue weighted by Gasteiger charge is -2.45. The second-order valence-electron chi connectivity index (χ2n) is 8.37. The second kappa shape index (κ2) is 9.53. The molecule has 1 aliphatic carbocycles. The minimum Gasteiger partial charge on any atom is -0.390 e. The van der Waals surface area contributed by atoms with Crippen LogP contribution in [-0.2, 0) is 4.79 Å². The number of carbonyl (C=O) groups is 1. The van der Waals surface area contributed by atoms with Gasteiger partial charge in [-0.25, -0.2) is 4.39 Å². The van der Waals surface area contributed by atoms with Gasteiger partial charge in [0.1, 0.15) is 5.82 Å². The van der Waals surface area contributed by atoms with Gasteiger partial charge < -0.3 is 16.2 Å². The lowest BCUT2D eigenvalue weighted by atomic mass is 9.72. The number of likely N-dealkylation sites (tertiary alicyclic amines) is 1. The molecule has 1 amide bonds. The van der Waals surface area contributed by atoms with Gasteiger partial charge in [-0.05, 0) is 49.3 Å². The van der Waals surface area contributed by atoms with Gasteiger partial charge in [0.2, 0.25) is 5.91 Å². The van der Waals surface area contributed by atoms with Crippen LogP contribution in [0.5, 0.6) is 0 Å². The van der Waals surface area contributed by atoms with Gasteiger partial charge >= 0.3 is 0 Å². The van der Waals surface area contributed by atoms with Crippen molar-refractivity contribution in [2.45, 2.75) is 57.2 Å². The number of nitrogens with two attached hydrogens (primary N) is 1. The summed E-state index contributed by atoms with van der Waals surface area (Å²) in [6, 6.07) is 4.29. The fraction of sp³-hybridized carbons (Fsp3) is 0.667. The van der Waals surface area contributed by atoms with Crippen molar-refractivity contribution in [3.63, 3.8) is 0 Å². The number of carbonyl (C=O) groups excluding carboxylic acids is 1. The summed E-state index contributed by atoms with van der Waals surface area (Å²) in [5, 5.41) is 13.9. The van der Waals surface area contributed by atoms with Crippen LogP contribution in [0, 0.1) is 17.7 Å². The van der Waals surface area contributed by atoms with Gasteiger partial charge in [-0.1, -0.05) is 36.9 Å². The summed E-state index contributed by atoms with van der Waals surface area (Å²) in [7, 11) is 0. The maximum absolute atomic E-state index is 13.6. The molecule has 1 aromatic rings. The molecule has 7 heteroatoms. The number of primary amides is 1. The highest BCUT2D eigenvalue weighted by atomic mass is 35.5. The molecule has 4 N–H and O–H groups in total. The zero-order valence-electron chi connectivity index (χ0n) is 16.4. The quantitative estimate of drug-likeness (QED) is 0.644. The summed E-state index contributed by atoms with van der Waals surface area (Å²) in [6.07, 6.45) is 5.03. The van der Waals surface area contributed by atoms with Gasteiger partial charge in [0.15, 0.2) is 0 Å². The topological polar surface area (TPSA) is 78.6 Å². The van der Waals surface area contributed by atoms with Crippen molar-refractivity contribution in [3.8, 4) is 0 Å². The maximum Gasteiger partial charge on any atom is 0.234 e. The third-order valence-corrected chi connectivity index (χ3v) is 6.69. The Morgan fingerprint density at radius 2 is 2.11 bits per heavy atom. The number of hydrogen-bond acceptors (Lipinski definition) is 4. The lowest BCUT2D eigenvalue weighted by molar-refractivity contribution is -0.127. The van der Waals surface area contributed by atoms with Crippen molar-refractivity contribution in [1.29, 1.82) is 0 Å². The molecule has 0 spiro atoms. The molecular weight excluding hydrogens is 381 g/mol. The fourth-order valence-corrected chi connectivity index (χ4v) is 4.86. The fourth-order valence-electron chi connectivity index (χ4n) is 4.74. The monoisotopic (exact) mass is 411 g/mol. The van der Waals surface area contributed by atoms with Crippen molar-refractivity contribution in [1.82, 2.24) is 10.2 Å². The highest BCUT2D eigenvalue weighted by Gasteiger charge is 2.39. The van der Waals surface area contributed by atoms with Crippen LogP contribution < -0.4 is 11.1 Å². The van der Waals surface area contributed by atoms with E-state index in [-0.39, 0.29) is 23.0 Å². The molecule has 0 bridgehead atoms. The van der Waals surface area contributed by atoms with Crippen molar-refractivity contribution in [3.05, 3.63) is 34.6 Å². The Morgan fingerprint density at radius 3 is 2.79 bits per heavy atom. The largest absolute Gasteiger partial charge is 0.390 e. The number of amides is 1. The van der Waals surface area contributed by atoms with Crippen molar-refractivity contribution in [2.75, 3.05) is 19.6 Å². The van der Waals surface area contributed by atoms with Crippen LogP contribution in [0.1, 0.15) is 50.6 Å². The van der Waals surface area contributed by atoms with Crippen LogP contribution in [0.3, 0.4) is 0 Å². The summed E-state index contributed by atoms with van der Waals surface area (Å²) < 4.78 is 13.6. The van der Waals surface area contributed by atoms with E-state index >= 15 is 0 Å². The van der Waals surface area contributed by atoms with Crippen molar-refractivity contribution < 1.29 is 14.3 Å². The molecule has 0 aromatic heterocycles. The Hall–Kier alpha value is -1.21. The highest BCUT2D eigenvalue weighted by Crippen LogP contribution is 2.38. The van der Waals surface area contributed by atoms with Crippen LogP contribution in [0.4, 0.5) is 4.39 Å². The number of piperidine rings is 1. The molecule has 3 rings (SSSR count). The highest BCUT2D eigenvalue weighted by molar-refractivity contribution is 6.30. The molecule has 2 fully saturated rings. The molecule has 5 nitrogen and oxygen atoms in total. The average Bonchev–Trinajstić information content (AvgIpc) is 2.67. The molecule has 28 heavy (non-hydrogen) atoms. The zero-order valence-corrected chi connectivity index (χ0v) is 17.2. The van der Waals surface area contributed by atoms with E-state index in [2.05, 4.69) is 10.2 Å². The number of benzene rings is 1. The van der Waals surface area contributed by atoms with Crippen molar-refractivity contribution in [2.24, 2.45) is 17.6 Å². The number of nitrogens with zero attached hydrogens (tertiary/aromatic N) is 1. The van der Waals surface area contributed by atoms with E-state index in [1.165, 1.54) is 37.8 Å². The predicted molar refractivity (Wildman–Crippen MR) is 108 cm³/mol. The van der Waals surface area contributed by atoms with E-state index in [4.69, 9.17) is 17.3 Å². The number of aliphatic hydroxyl groups excluding tert-OH is 1. The molecule has 1 aliphatic heterocycles. The Kier molecular flexibility index (Phi) is 7.31. The van der Waals surface area contributed by atoms with E-state index in [0.29, 0.717) is 24.9 Å². The third-order valence-electron chi connectivity index (χ3n) is 6.38. The smallest absolute Gasteiger partial charge is 0.234 e. The van der Waals surface area contributed by atoms with Gasteiger partial charge in [-0.3, -0.25) is 9.69 Å². The van der Waals surface area contributed by atoms with E-state index in [1.807, 2.05) is 6.92 Å². The maximum atomic E-state index is 13.6. The first-order valence-corrected chi connectivity index (χ1v) is 10.6. The molecule has 1 heterocycles. The second-order valence-corrected chi connectivity index (χ2v) is 8.78. The SMILES string of the molecule is C[C@@H](NC[C@@H](O)CN1C[C@H]2CCCC[C@H]2C[C@H]1C(N)=O)c1ccc(Cl)c(F)c1. The summed E-state index contributed by atoms with van der Waals surface area (Å²) in [6.45, 7) is 3.50. The van der Waals surface area contributed by atoms with E-state index in [9.17, 15) is 14.3 Å². The molecule has 2 aliphatic rings. The normalized spacial score (nSPS) is 27.8. The number of halogens is 2. The van der Waals surface area contributed by atoms with Gasteiger partial charge in [0.05, 0.1) is 17.2 Å². The molecule has 1 saturated heterocycles. The van der Waals surface area contributed by atoms with Gasteiger partial charge in [0.25, 0.3) is 0 Å². The molecule has 5 atom stereocenters. The summed E-state index contributed by atoms with van der Waals surface area (Å²) in [4.78, 5) is 14.0. The first kappa shape index (κ1) is 21.5. The summed E-state index contributed by atoms with van der Waals surface area (Å²) in [5.41, 5.74) is 6.43. The first-order chi connectivity index (χ1) is 13.3. The molecular formula is C21H31ClFN3O2. The van der Waals surface area contributed by atoms with Crippen LogP contribution in [0.25, 0.3) is 0 Å². The minimum absolute atomic E-state index is 0.0968. The summed E-state index contributed by atoms with van der Waals surface area (Å²) >= 11 is 5.73. The van der Waals surface area contributed by atoms with Crippen LogP contribution in [-0.4, -0.2) is 47.7 Å². The number of aliphatic hydroxyl groups is 1. The van der Waals surface area contributed by atoms with Gasteiger partial charge in [0, 0.05) is 25.7 Å². The molecule has 0 unspecified atom stereocenters. The van der Waals surface area contributed by atoms with Gasteiger partial charge in [-0.2, -0.15) is 0 Å². The minimum atomic E-state index is -0.637. The Balaban J connectivity index is 1.54. The number of rotatable bonds is 7. The standard InChI is InChI=1S/C21H31ClFN3O2/c1-13(14-6-7-18(22)19(23)8-14)25-10-17(27)12-26-11-16-5-3-2-4-15(16)9-20(26)21(24)28/h6-8,13,15-17,20,25,27H,2-5,9-12H2,1H3,(H2,24,28)/t13-,15+,16-,17-,20+/m1/s1. The van der Waals surface area contributed by atoms with Crippen LogP contribution in [0.15, 0.2) is 18.2 Å². The van der Waals surface area contributed by atoms with E-state index < -0.39 is 11.9 Å². The number of nitrogens with one attached hydrogen (secondary N) is 1.